The van der Waals surface area contributed by atoms with Gasteiger partial charge in [-0.25, -0.2) is 0 Å². The fraction of sp³-hybridized carbons (Fsp3) is 0.276. The van der Waals surface area contributed by atoms with Gasteiger partial charge < -0.3 is 9.88 Å². The number of hydrogen-bond acceptors (Lipinski definition) is 3. The number of carbonyl (C=O) groups is 1. The summed E-state index contributed by atoms with van der Waals surface area (Å²) in [6.07, 6.45) is -2.89. The lowest BCUT2D eigenvalue weighted by atomic mass is 9.99. The summed E-state index contributed by atoms with van der Waals surface area (Å²) in [4.78, 5) is 30.1. The van der Waals surface area contributed by atoms with Gasteiger partial charge in [0.15, 0.2) is 0 Å². The minimum absolute atomic E-state index is 0.139. The summed E-state index contributed by atoms with van der Waals surface area (Å²) in [5.41, 5.74) is 2.43. The zero-order valence-electron chi connectivity index (χ0n) is 22.4. The van der Waals surface area contributed by atoms with Gasteiger partial charge in [0, 0.05) is 45.6 Å². The fourth-order valence-corrected chi connectivity index (χ4v) is 4.23. The van der Waals surface area contributed by atoms with Crippen molar-refractivity contribution >= 4 is 38.4 Å². The van der Waals surface area contributed by atoms with Gasteiger partial charge in [0.05, 0.1) is 11.1 Å². The molecule has 0 spiro atoms. The first-order valence-corrected chi connectivity index (χ1v) is 13.0. The second kappa shape index (κ2) is 12.9. The molecule has 0 atom stereocenters. The highest BCUT2D eigenvalue weighted by Gasteiger charge is 2.31. The highest BCUT2D eigenvalue weighted by molar-refractivity contribution is 9.10. The molecule has 0 aliphatic rings. The van der Waals surface area contributed by atoms with Gasteiger partial charge in [0.25, 0.3) is 11.5 Å². The van der Waals surface area contributed by atoms with E-state index in [1.807, 2.05) is 47.6 Å². The SMILES string of the molecule is CC.CC.Cc1cc2c(cn1)cc(-c1cc(NC(=O)c3cc(Br)cc(C(F)(F)F)c3)ccc1C)c(=O)n2C. The minimum atomic E-state index is -4.58. The Bertz CT molecular complexity index is 1510. The number of hydrogen-bond donors (Lipinski definition) is 1. The van der Waals surface area contributed by atoms with Gasteiger partial charge in [0.2, 0.25) is 0 Å². The van der Waals surface area contributed by atoms with Gasteiger partial charge in [0.1, 0.15) is 0 Å². The standard InChI is InChI=1S/C25H19BrF3N3O2.2C2H6/c1-13-4-5-19(31-23(33)15-7-17(25(27,28)29)10-18(26)8-15)11-20(13)21-9-16-12-30-14(2)6-22(16)32(3)24(21)34;2*1-2/h4-12H,1-3H3,(H,31,33);2*1-2H3. The van der Waals surface area contributed by atoms with Crippen LogP contribution >= 0.6 is 15.9 Å². The largest absolute Gasteiger partial charge is 0.416 e. The second-order valence-electron chi connectivity index (χ2n) is 8.02. The molecule has 0 aliphatic carbocycles. The molecule has 2 aromatic heterocycles. The number of benzene rings is 2. The van der Waals surface area contributed by atoms with Crippen LogP contribution in [-0.2, 0) is 13.2 Å². The van der Waals surface area contributed by atoms with E-state index in [1.54, 1.807) is 42.1 Å². The van der Waals surface area contributed by atoms with Crippen molar-refractivity contribution in [3.05, 3.63) is 91.9 Å². The molecule has 0 radical (unpaired) electrons. The summed E-state index contributed by atoms with van der Waals surface area (Å²) in [5, 5.41) is 3.41. The number of alkyl halides is 3. The Labute approximate surface area is 228 Å². The number of carbonyl (C=O) groups excluding carboxylic acids is 1. The summed E-state index contributed by atoms with van der Waals surface area (Å²) in [7, 11) is 1.68. The molecule has 0 aliphatic heterocycles. The third kappa shape index (κ3) is 6.89. The number of anilines is 1. The predicted octanol–water partition coefficient (Wildman–Crippen LogP) is 8.30. The molecule has 0 fully saturated rings. The van der Waals surface area contributed by atoms with Crippen LogP contribution in [0.15, 0.2) is 64.0 Å². The van der Waals surface area contributed by atoms with Gasteiger partial charge >= 0.3 is 6.18 Å². The van der Waals surface area contributed by atoms with E-state index in [9.17, 15) is 22.8 Å². The second-order valence-corrected chi connectivity index (χ2v) is 8.93. The Morgan fingerprint density at radius 1 is 0.947 bits per heavy atom. The Kier molecular flexibility index (Phi) is 10.4. The van der Waals surface area contributed by atoms with Crippen LogP contribution in [0, 0.1) is 13.8 Å². The first-order chi connectivity index (χ1) is 17.9. The zero-order valence-corrected chi connectivity index (χ0v) is 24.0. The summed E-state index contributed by atoms with van der Waals surface area (Å²) in [5.74, 6) is -0.701. The molecular weight excluding hydrogens is 559 g/mol. The van der Waals surface area contributed by atoms with E-state index < -0.39 is 17.6 Å². The van der Waals surface area contributed by atoms with Gasteiger partial charge in [-0.15, -0.1) is 0 Å². The maximum absolute atomic E-state index is 13.1. The number of rotatable bonds is 3. The summed E-state index contributed by atoms with van der Waals surface area (Å²) in [6.45, 7) is 11.7. The monoisotopic (exact) mass is 589 g/mol. The Morgan fingerprint density at radius 3 is 2.24 bits per heavy atom. The molecule has 38 heavy (non-hydrogen) atoms. The Morgan fingerprint density at radius 2 is 1.61 bits per heavy atom. The zero-order chi connectivity index (χ0) is 28.8. The number of aromatic nitrogens is 2. The molecule has 202 valence electrons. The van der Waals surface area contributed by atoms with Crippen molar-refractivity contribution < 1.29 is 18.0 Å². The molecule has 0 bridgehead atoms. The maximum atomic E-state index is 13.1. The van der Waals surface area contributed by atoms with Crippen molar-refractivity contribution in [2.45, 2.75) is 47.7 Å². The van der Waals surface area contributed by atoms with Gasteiger partial charge in [-0.05, 0) is 67.4 Å². The Hall–Kier alpha value is -3.46. The average molecular weight is 590 g/mol. The quantitative estimate of drug-likeness (QED) is 0.261. The summed E-state index contributed by atoms with van der Waals surface area (Å²) >= 11 is 3.03. The number of halogens is 4. The molecule has 2 aromatic carbocycles. The number of amides is 1. The molecule has 2 heterocycles. The first-order valence-electron chi connectivity index (χ1n) is 12.2. The molecule has 0 saturated heterocycles. The number of fused-ring (bicyclic) bond motifs is 1. The van der Waals surface area contributed by atoms with Crippen molar-refractivity contribution in [2.24, 2.45) is 7.05 Å². The minimum Gasteiger partial charge on any atom is -0.322 e. The maximum Gasteiger partial charge on any atom is 0.416 e. The lowest BCUT2D eigenvalue weighted by Gasteiger charge is -2.14. The molecule has 1 amide bonds. The number of nitrogens with one attached hydrogen (secondary N) is 1. The average Bonchev–Trinajstić information content (AvgIpc) is 2.89. The van der Waals surface area contributed by atoms with Crippen LogP contribution in [0.4, 0.5) is 18.9 Å². The molecule has 4 aromatic rings. The first kappa shape index (κ1) is 30.8. The van der Waals surface area contributed by atoms with E-state index >= 15 is 0 Å². The van der Waals surface area contributed by atoms with Crippen LogP contribution in [-0.4, -0.2) is 15.5 Å². The van der Waals surface area contributed by atoms with Gasteiger partial charge in [-0.3, -0.25) is 14.6 Å². The number of pyridine rings is 2. The topological polar surface area (TPSA) is 64.0 Å². The highest BCUT2D eigenvalue weighted by Crippen LogP contribution is 2.32. The number of aryl methyl sites for hydroxylation is 3. The molecule has 1 N–H and O–H groups in total. The van der Waals surface area contributed by atoms with E-state index in [1.165, 1.54) is 6.07 Å². The third-order valence-electron chi connectivity index (χ3n) is 5.52. The lowest BCUT2D eigenvalue weighted by molar-refractivity contribution is -0.137. The van der Waals surface area contributed by atoms with Gasteiger partial charge in [-0.1, -0.05) is 49.7 Å². The summed E-state index contributed by atoms with van der Waals surface area (Å²) < 4.78 is 41.1. The predicted molar refractivity (Wildman–Crippen MR) is 152 cm³/mol. The normalized spacial score (nSPS) is 10.7. The molecular formula is C29H31BrF3N3O2. The lowest BCUT2D eigenvalue weighted by Crippen LogP contribution is -2.19. The fourth-order valence-electron chi connectivity index (χ4n) is 3.74. The van der Waals surface area contributed by atoms with Crippen molar-refractivity contribution in [3.63, 3.8) is 0 Å². The smallest absolute Gasteiger partial charge is 0.322 e. The van der Waals surface area contributed by atoms with Crippen LogP contribution in [0.5, 0.6) is 0 Å². The van der Waals surface area contributed by atoms with Crippen molar-refractivity contribution in [1.29, 1.82) is 0 Å². The molecule has 4 rings (SSSR count). The van der Waals surface area contributed by atoms with E-state index in [2.05, 4.69) is 26.2 Å². The van der Waals surface area contributed by atoms with Crippen molar-refractivity contribution in [2.75, 3.05) is 5.32 Å². The number of nitrogens with zero attached hydrogens (tertiary/aromatic N) is 2. The van der Waals surface area contributed by atoms with Crippen LogP contribution in [0.1, 0.15) is 54.9 Å². The molecule has 0 unspecified atom stereocenters. The van der Waals surface area contributed by atoms with Crippen LogP contribution < -0.4 is 10.9 Å². The van der Waals surface area contributed by atoms with Crippen LogP contribution in [0.2, 0.25) is 0 Å². The molecule has 9 heteroatoms. The van der Waals surface area contributed by atoms with E-state index in [4.69, 9.17) is 0 Å². The highest BCUT2D eigenvalue weighted by atomic mass is 79.9. The Balaban J connectivity index is 0.00000121. The van der Waals surface area contributed by atoms with Crippen molar-refractivity contribution in [3.8, 4) is 11.1 Å². The van der Waals surface area contributed by atoms with E-state index in [0.29, 0.717) is 16.8 Å². The third-order valence-corrected chi connectivity index (χ3v) is 5.98. The van der Waals surface area contributed by atoms with Gasteiger partial charge in [-0.2, -0.15) is 13.2 Å². The summed E-state index contributed by atoms with van der Waals surface area (Å²) in [6, 6.07) is 11.6. The van der Waals surface area contributed by atoms with Crippen LogP contribution in [0.25, 0.3) is 22.0 Å². The van der Waals surface area contributed by atoms with Crippen molar-refractivity contribution in [1.82, 2.24) is 9.55 Å². The van der Waals surface area contributed by atoms with E-state index in [-0.39, 0.29) is 15.6 Å². The molecule has 0 saturated carbocycles. The van der Waals surface area contributed by atoms with Crippen LogP contribution in [0.3, 0.4) is 0 Å². The van der Waals surface area contributed by atoms with E-state index in [0.717, 1.165) is 34.3 Å². The molecule has 5 nitrogen and oxygen atoms in total.